The molecule has 1 aromatic heterocycles. The number of rotatable bonds is 4. The summed E-state index contributed by atoms with van der Waals surface area (Å²) in [7, 11) is 0. The third kappa shape index (κ3) is 3.73. The molecule has 11 heteroatoms. The molecule has 4 atom stereocenters. The minimum absolute atomic E-state index is 0.227. The van der Waals surface area contributed by atoms with Gasteiger partial charge in [0.25, 0.3) is 5.91 Å². The normalized spacial score (nSPS) is 27.4. The van der Waals surface area contributed by atoms with Crippen LogP contribution in [0.2, 0.25) is 0 Å². The zero-order chi connectivity index (χ0) is 22.6. The molecule has 7 nitrogen and oxygen atoms in total. The van der Waals surface area contributed by atoms with Gasteiger partial charge in [-0.1, -0.05) is 30.1 Å². The molecule has 2 amide bonds. The van der Waals surface area contributed by atoms with E-state index in [9.17, 15) is 27.2 Å². The van der Waals surface area contributed by atoms with E-state index in [0.717, 1.165) is 18.4 Å². The number of benzene rings is 1. The van der Waals surface area contributed by atoms with Crippen molar-refractivity contribution in [3.8, 4) is 11.4 Å². The van der Waals surface area contributed by atoms with E-state index in [0.29, 0.717) is 24.9 Å². The Balaban J connectivity index is 1.35. The van der Waals surface area contributed by atoms with E-state index in [2.05, 4.69) is 20.0 Å². The Morgan fingerprint density at radius 2 is 1.97 bits per heavy atom. The Morgan fingerprint density at radius 1 is 1.22 bits per heavy atom. The van der Waals surface area contributed by atoms with E-state index in [1.807, 2.05) is 0 Å². The summed E-state index contributed by atoms with van der Waals surface area (Å²) in [5.74, 6) is -2.86. The van der Waals surface area contributed by atoms with E-state index in [1.54, 1.807) is 17.0 Å². The van der Waals surface area contributed by atoms with Crippen LogP contribution >= 0.6 is 0 Å². The number of halogens is 4. The number of nitrogens with zero attached hydrogens (tertiary/aromatic N) is 3. The van der Waals surface area contributed by atoms with Crippen LogP contribution in [0.1, 0.15) is 53.9 Å². The lowest BCUT2D eigenvalue weighted by Crippen LogP contribution is -2.53. The highest BCUT2D eigenvalue weighted by atomic mass is 19.4. The van der Waals surface area contributed by atoms with Crippen LogP contribution in [0.4, 0.5) is 17.6 Å². The lowest BCUT2D eigenvalue weighted by Gasteiger charge is -2.38. The van der Waals surface area contributed by atoms with Gasteiger partial charge in [0, 0.05) is 23.7 Å². The monoisotopic (exact) mass is 452 g/mol. The molecule has 5 rings (SSSR count). The highest BCUT2D eigenvalue weighted by Gasteiger charge is 2.46. The van der Waals surface area contributed by atoms with E-state index < -0.39 is 24.2 Å². The second-order valence-corrected chi connectivity index (χ2v) is 8.55. The largest absolute Gasteiger partial charge is 0.471 e. The summed E-state index contributed by atoms with van der Waals surface area (Å²) in [5, 5.41) is 6.30. The predicted octanol–water partition coefficient (Wildman–Crippen LogP) is 3.50. The first kappa shape index (κ1) is 20.9. The topological polar surface area (TPSA) is 88.3 Å². The third-order valence-corrected chi connectivity index (χ3v) is 6.38. The Bertz CT molecular complexity index is 1070. The summed E-state index contributed by atoms with van der Waals surface area (Å²) in [6, 6.07) is 4.20. The number of fused-ring (bicyclic) bond motifs is 1. The van der Waals surface area contributed by atoms with Crippen molar-refractivity contribution in [1.82, 2.24) is 20.4 Å². The van der Waals surface area contributed by atoms with Crippen molar-refractivity contribution >= 4 is 11.8 Å². The molecule has 2 heterocycles. The summed E-state index contributed by atoms with van der Waals surface area (Å²) in [5.41, 5.74) is 1.34. The number of alkyl halides is 4. The molecule has 1 aliphatic heterocycles. The van der Waals surface area contributed by atoms with Crippen molar-refractivity contribution < 1.29 is 31.7 Å². The van der Waals surface area contributed by atoms with Crippen molar-refractivity contribution in [2.75, 3.05) is 0 Å². The fraction of sp³-hybridized carbons (Fsp3) is 0.524. The molecule has 0 saturated heterocycles. The molecular formula is C21H20F4N4O3. The predicted molar refractivity (Wildman–Crippen MR) is 102 cm³/mol. The summed E-state index contributed by atoms with van der Waals surface area (Å²) >= 11 is 0. The maximum atomic E-state index is 13.3. The Kier molecular flexibility index (Phi) is 4.94. The quantitative estimate of drug-likeness (QED) is 0.718. The van der Waals surface area contributed by atoms with E-state index in [4.69, 9.17) is 0 Å². The van der Waals surface area contributed by atoms with Crippen molar-refractivity contribution in [1.29, 1.82) is 0 Å². The third-order valence-electron chi connectivity index (χ3n) is 6.38. The van der Waals surface area contributed by atoms with Gasteiger partial charge in [-0.05, 0) is 30.9 Å². The number of carbonyl (C=O) groups is 2. The van der Waals surface area contributed by atoms with Crippen molar-refractivity contribution in [3.05, 3.63) is 35.2 Å². The zero-order valence-electron chi connectivity index (χ0n) is 16.9. The van der Waals surface area contributed by atoms with Gasteiger partial charge in [0.15, 0.2) is 0 Å². The molecule has 2 unspecified atom stereocenters. The summed E-state index contributed by atoms with van der Waals surface area (Å²) in [6.45, 7) is 0.334. The van der Waals surface area contributed by atoms with Gasteiger partial charge >= 0.3 is 12.1 Å². The SMILES string of the molecule is O=C(N[C@@H]1CCCC[C@H]1N1Cc2ccc(-c3noc(C(F)(F)F)n3)cc2C1=O)C1CC1F. The van der Waals surface area contributed by atoms with Gasteiger partial charge in [-0.2, -0.15) is 18.2 Å². The van der Waals surface area contributed by atoms with Crippen LogP contribution < -0.4 is 5.32 Å². The molecule has 3 aliphatic rings. The first-order chi connectivity index (χ1) is 15.2. The van der Waals surface area contributed by atoms with Crippen molar-refractivity contribution in [2.45, 2.75) is 63.1 Å². The minimum Gasteiger partial charge on any atom is -0.351 e. The van der Waals surface area contributed by atoms with Crippen molar-refractivity contribution in [2.24, 2.45) is 5.92 Å². The Labute approximate surface area is 180 Å². The highest BCUT2D eigenvalue weighted by molar-refractivity contribution is 5.99. The summed E-state index contributed by atoms with van der Waals surface area (Å²) in [4.78, 5) is 30.5. The number of amides is 2. The molecule has 1 N–H and O–H groups in total. The molecule has 1 aromatic carbocycles. The van der Waals surface area contributed by atoms with Gasteiger partial charge in [0.05, 0.1) is 12.0 Å². The number of aromatic nitrogens is 2. The van der Waals surface area contributed by atoms with Crippen LogP contribution in [0.5, 0.6) is 0 Å². The molecular weight excluding hydrogens is 432 g/mol. The minimum atomic E-state index is -4.75. The van der Waals surface area contributed by atoms with Crippen LogP contribution in [0.25, 0.3) is 11.4 Å². The molecule has 2 saturated carbocycles. The average molecular weight is 452 g/mol. The smallest absolute Gasteiger partial charge is 0.351 e. The second kappa shape index (κ2) is 7.56. The molecule has 0 radical (unpaired) electrons. The molecule has 0 bridgehead atoms. The maximum absolute atomic E-state index is 13.3. The fourth-order valence-corrected chi connectivity index (χ4v) is 4.56. The number of hydrogen-bond acceptors (Lipinski definition) is 5. The van der Waals surface area contributed by atoms with Crippen LogP contribution in [0.15, 0.2) is 22.7 Å². The standard InChI is InChI=1S/C21H20F4N4O3/c22-14-8-13(14)18(30)26-15-3-1-2-4-16(15)29-9-11-6-5-10(7-12(11)19(29)31)17-27-20(32-28-17)21(23,24)25/h5-7,13-16H,1-4,8-9H2,(H,26,30)/t13?,14?,15-,16-/m1/s1. The number of hydrogen-bond donors (Lipinski definition) is 1. The molecule has 32 heavy (non-hydrogen) atoms. The van der Waals surface area contributed by atoms with E-state index in [1.165, 1.54) is 6.07 Å². The summed E-state index contributed by atoms with van der Waals surface area (Å²) < 4.78 is 55.8. The van der Waals surface area contributed by atoms with Crippen LogP contribution in [-0.2, 0) is 17.5 Å². The molecule has 170 valence electrons. The van der Waals surface area contributed by atoms with Gasteiger partial charge in [-0.15, -0.1) is 0 Å². The van der Waals surface area contributed by atoms with Crippen LogP contribution in [-0.4, -0.2) is 45.1 Å². The van der Waals surface area contributed by atoms with Gasteiger partial charge in [0.2, 0.25) is 11.7 Å². The van der Waals surface area contributed by atoms with Gasteiger partial charge in [-0.25, -0.2) is 4.39 Å². The van der Waals surface area contributed by atoms with Crippen molar-refractivity contribution in [3.63, 3.8) is 0 Å². The Hall–Kier alpha value is -2.98. The fourth-order valence-electron chi connectivity index (χ4n) is 4.56. The van der Waals surface area contributed by atoms with E-state index in [-0.39, 0.29) is 41.7 Å². The molecule has 2 aliphatic carbocycles. The van der Waals surface area contributed by atoms with E-state index >= 15 is 0 Å². The lowest BCUT2D eigenvalue weighted by molar-refractivity contribution is -0.159. The number of nitrogens with one attached hydrogen (secondary N) is 1. The number of carbonyl (C=O) groups excluding carboxylic acids is 2. The first-order valence-electron chi connectivity index (χ1n) is 10.5. The Morgan fingerprint density at radius 3 is 2.66 bits per heavy atom. The zero-order valence-corrected chi connectivity index (χ0v) is 16.9. The van der Waals surface area contributed by atoms with Gasteiger partial charge in [0.1, 0.15) is 6.17 Å². The second-order valence-electron chi connectivity index (χ2n) is 8.55. The lowest BCUT2D eigenvalue weighted by atomic mass is 9.89. The highest BCUT2D eigenvalue weighted by Crippen LogP contribution is 2.36. The maximum Gasteiger partial charge on any atom is 0.471 e. The molecule has 0 spiro atoms. The summed E-state index contributed by atoms with van der Waals surface area (Å²) in [6.07, 6.45) is -2.37. The van der Waals surface area contributed by atoms with Gasteiger partial charge < -0.3 is 14.7 Å². The van der Waals surface area contributed by atoms with Gasteiger partial charge in [-0.3, -0.25) is 9.59 Å². The average Bonchev–Trinajstić information content (AvgIpc) is 3.15. The van der Waals surface area contributed by atoms with Crippen LogP contribution in [0.3, 0.4) is 0 Å². The molecule has 2 aromatic rings. The van der Waals surface area contributed by atoms with Crippen LogP contribution in [0, 0.1) is 5.92 Å². The first-order valence-corrected chi connectivity index (χ1v) is 10.5. The molecule has 2 fully saturated rings.